The highest BCUT2D eigenvalue weighted by molar-refractivity contribution is 6.11. The van der Waals surface area contributed by atoms with Gasteiger partial charge in [0, 0.05) is 36.7 Å². The van der Waals surface area contributed by atoms with Gasteiger partial charge >= 0.3 is 0 Å². The normalized spacial score (nSPS) is 16.7. The number of pyridine rings is 1. The lowest BCUT2D eigenvalue weighted by Crippen LogP contribution is -2.32. The first kappa shape index (κ1) is 17.1. The zero-order valence-corrected chi connectivity index (χ0v) is 15.0. The molecule has 1 aliphatic rings. The molecule has 0 aliphatic carbocycles. The van der Waals surface area contributed by atoms with Crippen molar-refractivity contribution in [3.05, 3.63) is 23.6 Å². The molecule has 0 radical (unpaired) electrons. The number of carbonyl (C=O) groups excluding carboxylic acids is 2. The van der Waals surface area contributed by atoms with Gasteiger partial charge in [-0.15, -0.1) is 0 Å². The molecular weight excluding hydrogens is 350 g/mol. The zero-order valence-electron chi connectivity index (χ0n) is 15.0. The highest BCUT2D eigenvalue weighted by Crippen LogP contribution is 2.34. The number of anilines is 1. The van der Waals surface area contributed by atoms with Crippen molar-refractivity contribution in [2.75, 3.05) is 19.0 Å². The summed E-state index contributed by atoms with van der Waals surface area (Å²) < 4.78 is 10.9. The summed E-state index contributed by atoms with van der Waals surface area (Å²) in [7, 11) is 1.47. The molecular formula is C18H19N5O4. The van der Waals surface area contributed by atoms with E-state index < -0.39 is 5.91 Å². The predicted octanol–water partition coefficient (Wildman–Crippen LogP) is 1.48. The van der Waals surface area contributed by atoms with E-state index in [1.54, 1.807) is 19.1 Å². The number of nitrogens with one attached hydrogen (secondary N) is 2. The number of ether oxygens (including phenoxy) is 1. The standard InChI is InChI=1S/C18H19N5O4/c1-8-21-15-10-5-12(16(19)25)13(26-2)6-11(10)17(23-18(15)27-8)20-7-9-3-4-14(24)22-9/h5-6,9H,3-4,7H2,1-2H3,(H2,19,25)(H,20,23)(H,22,24)/t9-/m0/s1. The van der Waals surface area contributed by atoms with Crippen LogP contribution in [0.4, 0.5) is 5.82 Å². The summed E-state index contributed by atoms with van der Waals surface area (Å²) in [5.41, 5.74) is 6.65. The predicted molar refractivity (Wildman–Crippen MR) is 98.8 cm³/mol. The first-order valence-corrected chi connectivity index (χ1v) is 8.58. The van der Waals surface area contributed by atoms with E-state index >= 15 is 0 Å². The number of hydrogen-bond donors (Lipinski definition) is 3. The highest BCUT2D eigenvalue weighted by atomic mass is 16.5. The summed E-state index contributed by atoms with van der Waals surface area (Å²) in [5, 5.41) is 7.58. The van der Waals surface area contributed by atoms with Crippen LogP contribution in [-0.2, 0) is 4.79 Å². The minimum absolute atomic E-state index is 0.0355. The van der Waals surface area contributed by atoms with E-state index in [1.807, 2.05) is 0 Å². The van der Waals surface area contributed by atoms with Crippen molar-refractivity contribution in [2.45, 2.75) is 25.8 Å². The first-order valence-electron chi connectivity index (χ1n) is 8.58. The molecule has 1 atom stereocenters. The van der Waals surface area contributed by atoms with Crippen LogP contribution in [-0.4, -0.2) is 41.5 Å². The third-order valence-corrected chi connectivity index (χ3v) is 4.65. The quantitative estimate of drug-likeness (QED) is 0.620. The number of aromatic nitrogens is 2. The van der Waals surface area contributed by atoms with Gasteiger partial charge in [0.25, 0.3) is 5.91 Å². The van der Waals surface area contributed by atoms with Crippen LogP contribution in [0.3, 0.4) is 0 Å². The molecule has 1 aromatic carbocycles. The van der Waals surface area contributed by atoms with E-state index in [9.17, 15) is 9.59 Å². The molecule has 2 aromatic heterocycles. The van der Waals surface area contributed by atoms with Crippen molar-refractivity contribution < 1.29 is 18.7 Å². The number of amides is 2. The van der Waals surface area contributed by atoms with Crippen molar-refractivity contribution in [3.63, 3.8) is 0 Å². The van der Waals surface area contributed by atoms with Gasteiger partial charge in [-0.1, -0.05) is 0 Å². The van der Waals surface area contributed by atoms with Gasteiger partial charge in [0.1, 0.15) is 17.1 Å². The molecule has 9 nitrogen and oxygen atoms in total. The van der Waals surface area contributed by atoms with Crippen molar-refractivity contribution >= 4 is 39.6 Å². The van der Waals surface area contributed by atoms with E-state index in [-0.39, 0.29) is 17.5 Å². The number of carbonyl (C=O) groups is 2. The molecule has 0 saturated carbocycles. The number of hydrogen-bond acceptors (Lipinski definition) is 7. The summed E-state index contributed by atoms with van der Waals surface area (Å²) >= 11 is 0. The maximum Gasteiger partial charge on any atom is 0.252 e. The molecule has 140 valence electrons. The lowest BCUT2D eigenvalue weighted by molar-refractivity contribution is -0.119. The Morgan fingerprint density at radius 2 is 2.22 bits per heavy atom. The molecule has 0 unspecified atom stereocenters. The van der Waals surface area contributed by atoms with Crippen LogP contribution in [0.15, 0.2) is 16.5 Å². The molecule has 4 rings (SSSR count). The Morgan fingerprint density at radius 3 is 2.89 bits per heavy atom. The second-order valence-electron chi connectivity index (χ2n) is 6.49. The van der Waals surface area contributed by atoms with Crippen molar-refractivity contribution in [3.8, 4) is 5.75 Å². The third kappa shape index (κ3) is 3.01. The van der Waals surface area contributed by atoms with Crippen LogP contribution in [0.2, 0.25) is 0 Å². The number of nitrogens with zero attached hydrogens (tertiary/aromatic N) is 2. The Hall–Kier alpha value is -3.36. The second-order valence-corrected chi connectivity index (χ2v) is 6.49. The second kappa shape index (κ2) is 6.42. The number of primary amides is 1. The van der Waals surface area contributed by atoms with Crippen LogP contribution in [0, 0.1) is 6.92 Å². The molecule has 1 fully saturated rings. The summed E-state index contributed by atoms with van der Waals surface area (Å²) in [4.78, 5) is 32.1. The minimum atomic E-state index is -0.595. The molecule has 27 heavy (non-hydrogen) atoms. The van der Waals surface area contributed by atoms with Gasteiger partial charge in [0.15, 0.2) is 5.89 Å². The Bertz CT molecular complexity index is 1070. The van der Waals surface area contributed by atoms with E-state index in [0.717, 1.165) is 11.8 Å². The number of nitrogens with two attached hydrogens (primary N) is 1. The van der Waals surface area contributed by atoms with Crippen LogP contribution in [0.1, 0.15) is 29.1 Å². The van der Waals surface area contributed by atoms with Crippen LogP contribution in [0.5, 0.6) is 5.75 Å². The molecule has 1 aliphatic heterocycles. The average Bonchev–Trinajstić information content (AvgIpc) is 3.22. The molecule has 3 heterocycles. The number of methoxy groups -OCH3 is 1. The number of benzene rings is 1. The molecule has 0 spiro atoms. The number of rotatable bonds is 5. The fourth-order valence-electron chi connectivity index (χ4n) is 3.35. The maximum absolute atomic E-state index is 11.8. The third-order valence-electron chi connectivity index (χ3n) is 4.65. The maximum atomic E-state index is 11.8. The van der Waals surface area contributed by atoms with Gasteiger partial charge in [-0.25, -0.2) is 4.98 Å². The molecule has 4 N–H and O–H groups in total. The fourth-order valence-corrected chi connectivity index (χ4v) is 3.35. The van der Waals surface area contributed by atoms with E-state index in [1.165, 1.54) is 7.11 Å². The van der Waals surface area contributed by atoms with Gasteiger partial charge < -0.3 is 25.5 Å². The Kier molecular flexibility index (Phi) is 4.06. The van der Waals surface area contributed by atoms with Crippen LogP contribution < -0.4 is 21.1 Å². The Labute approximate surface area is 154 Å². The molecule has 3 aromatic rings. The van der Waals surface area contributed by atoms with Crippen molar-refractivity contribution in [1.82, 2.24) is 15.3 Å². The van der Waals surface area contributed by atoms with Gasteiger partial charge in [-0.05, 0) is 18.6 Å². The van der Waals surface area contributed by atoms with E-state index in [0.29, 0.717) is 47.0 Å². The average molecular weight is 369 g/mol. The van der Waals surface area contributed by atoms with E-state index in [2.05, 4.69) is 20.6 Å². The van der Waals surface area contributed by atoms with Gasteiger partial charge in [0.2, 0.25) is 11.6 Å². The Balaban J connectivity index is 1.85. The van der Waals surface area contributed by atoms with Gasteiger partial charge in [-0.3, -0.25) is 9.59 Å². The first-order chi connectivity index (χ1) is 13.0. The lowest BCUT2D eigenvalue weighted by atomic mass is 10.1. The largest absolute Gasteiger partial charge is 0.496 e. The highest BCUT2D eigenvalue weighted by Gasteiger charge is 2.22. The van der Waals surface area contributed by atoms with E-state index in [4.69, 9.17) is 14.9 Å². The zero-order chi connectivity index (χ0) is 19.1. The molecule has 0 bridgehead atoms. The molecule has 9 heteroatoms. The van der Waals surface area contributed by atoms with Crippen molar-refractivity contribution in [1.29, 1.82) is 0 Å². The van der Waals surface area contributed by atoms with Gasteiger partial charge in [-0.2, -0.15) is 4.98 Å². The minimum Gasteiger partial charge on any atom is -0.496 e. The summed E-state index contributed by atoms with van der Waals surface area (Å²) in [5.74, 6) is 0.837. The smallest absolute Gasteiger partial charge is 0.252 e. The lowest BCUT2D eigenvalue weighted by Gasteiger charge is -2.15. The van der Waals surface area contributed by atoms with Gasteiger partial charge in [0.05, 0.1) is 12.7 Å². The van der Waals surface area contributed by atoms with Crippen molar-refractivity contribution in [2.24, 2.45) is 5.73 Å². The summed E-state index contributed by atoms with van der Waals surface area (Å²) in [6, 6.07) is 3.39. The Morgan fingerprint density at radius 1 is 1.41 bits per heavy atom. The fraction of sp³-hybridized carbons (Fsp3) is 0.333. The van der Waals surface area contributed by atoms with Crippen LogP contribution in [0.25, 0.3) is 22.0 Å². The number of fused-ring (bicyclic) bond motifs is 3. The summed E-state index contributed by atoms with van der Waals surface area (Å²) in [6.45, 7) is 2.25. The van der Waals surface area contributed by atoms with Crippen LogP contribution >= 0.6 is 0 Å². The summed E-state index contributed by atoms with van der Waals surface area (Å²) in [6.07, 6.45) is 1.29. The number of oxazole rings is 1. The SMILES string of the molecule is COc1cc2c(NC[C@@H]3CCC(=O)N3)nc3oc(C)nc3c2cc1C(N)=O. The number of aryl methyl sites for hydroxylation is 1. The topological polar surface area (TPSA) is 132 Å². The monoisotopic (exact) mass is 369 g/mol. The molecule has 2 amide bonds. The molecule has 1 saturated heterocycles.